The highest BCUT2D eigenvalue weighted by Crippen LogP contribution is 2.46. The fourth-order valence-electron chi connectivity index (χ4n) is 5.49. The van der Waals surface area contributed by atoms with Crippen molar-refractivity contribution < 1.29 is 9.15 Å². The summed E-state index contributed by atoms with van der Waals surface area (Å²) >= 11 is 0. The topological polar surface area (TPSA) is 28.9 Å². The molecule has 4 heteroatoms. The van der Waals surface area contributed by atoms with E-state index in [-0.39, 0.29) is 0 Å². The van der Waals surface area contributed by atoms with Crippen LogP contribution in [0.4, 0.5) is 0 Å². The van der Waals surface area contributed by atoms with Gasteiger partial charge >= 0.3 is 0 Å². The molecule has 24 heavy (non-hydrogen) atoms. The third-order valence-electron chi connectivity index (χ3n) is 6.85. The zero-order valence-corrected chi connectivity index (χ0v) is 15.1. The molecular formula is C20H32N2O2. The molecule has 0 unspecified atom stereocenters. The molecule has 3 aliphatic rings. The molecule has 1 aliphatic carbocycles. The standard InChI is InChI=1S/C20H32N2O2/c1-23-15-17-13-21(14-19-7-4-12-24-19)16-20(17)8-10-22(11-9-20)18-5-2-3-6-18/h4,7,12,17-18H,2-3,5-6,8-11,13-16H2,1H3/t17-/m1/s1. The van der Waals surface area contributed by atoms with Gasteiger partial charge in [0.05, 0.1) is 19.4 Å². The minimum atomic E-state index is 0.456. The fourth-order valence-corrected chi connectivity index (χ4v) is 5.49. The Balaban J connectivity index is 1.40. The van der Waals surface area contributed by atoms with E-state index < -0.39 is 0 Å². The van der Waals surface area contributed by atoms with E-state index in [9.17, 15) is 0 Å². The summed E-state index contributed by atoms with van der Waals surface area (Å²) in [5, 5.41) is 0. The van der Waals surface area contributed by atoms with Crippen LogP contribution in [0.5, 0.6) is 0 Å². The van der Waals surface area contributed by atoms with Crippen LogP contribution in [-0.4, -0.2) is 55.7 Å². The Kier molecular flexibility index (Phi) is 4.98. The fraction of sp³-hybridized carbons (Fsp3) is 0.800. The zero-order chi connectivity index (χ0) is 16.4. The Bertz CT molecular complexity index is 502. The highest BCUT2D eigenvalue weighted by atomic mass is 16.5. The number of likely N-dealkylation sites (tertiary alicyclic amines) is 2. The van der Waals surface area contributed by atoms with E-state index >= 15 is 0 Å². The molecule has 1 atom stereocenters. The summed E-state index contributed by atoms with van der Waals surface area (Å²) in [6.07, 6.45) is 10.2. The molecule has 2 saturated heterocycles. The number of hydrogen-bond donors (Lipinski definition) is 0. The molecule has 0 bridgehead atoms. The van der Waals surface area contributed by atoms with Crippen molar-refractivity contribution >= 4 is 0 Å². The first-order valence-electron chi connectivity index (χ1n) is 9.77. The Labute approximate surface area is 146 Å². The second-order valence-corrected chi connectivity index (χ2v) is 8.24. The quantitative estimate of drug-likeness (QED) is 0.826. The van der Waals surface area contributed by atoms with Gasteiger partial charge in [0.2, 0.25) is 0 Å². The lowest BCUT2D eigenvalue weighted by Crippen LogP contribution is -2.48. The lowest BCUT2D eigenvalue weighted by Gasteiger charge is -2.44. The highest BCUT2D eigenvalue weighted by Gasteiger charge is 2.48. The van der Waals surface area contributed by atoms with Crippen LogP contribution in [0.1, 0.15) is 44.3 Å². The van der Waals surface area contributed by atoms with Gasteiger partial charge in [0.15, 0.2) is 0 Å². The van der Waals surface area contributed by atoms with E-state index in [1.807, 2.05) is 13.2 Å². The van der Waals surface area contributed by atoms with Crippen molar-refractivity contribution in [2.75, 3.05) is 39.9 Å². The monoisotopic (exact) mass is 332 g/mol. The maximum Gasteiger partial charge on any atom is 0.117 e. The SMILES string of the molecule is COC[C@H]1CN(Cc2ccco2)CC12CCN(C1CCCC1)CC2. The van der Waals surface area contributed by atoms with E-state index in [1.165, 1.54) is 58.2 Å². The number of nitrogens with zero attached hydrogens (tertiary/aromatic N) is 2. The van der Waals surface area contributed by atoms with E-state index in [4.69, 9.17) is 9.15 Å². The Morgan fingerprint density at radius 3 is 2.71 bits per heavy atom. The molecule has 1 saturated carbocycles. The van der Waals surface area contributed by atoms with Gasteiger partial charge in [-0.25, -0.2) is 0 Å². The maximum absolute atomic E-state index is 5.60. The molecule has 3 heterocycles. The second-order valence-electron chi connectivity index (χ2n) is 8.24. The average Bonchev–Trinajstić information content (AvgIpc) is 3.33. The molecule has 0 radical (unpaired) electrons. The predicted molar refractivity (Wildman–Crippen MR) is 94.8 cm³/mol. The minimum Gasteiger partial charge on any atom is -0.468 e. The molecule has 1 spiro atoms. The van der Waals surface area contributed by atoms with Gasteiger partial charge in [-0.1, -0.05) is 12.8 Å². The number of rotatable bonds is 5. The van der Waals surface area contributed by atoms with Crippen molar-refractivity contribution in [3.05, 3.63) is 24.2 Å². The van der Waals surface area contributed by atoms with E-state index in [2.05, 4.69) is 15.9 Å². The van der Waals surface area contributed by atoms with Crippen LogP contribution in [0.25, 0.3) is 0 Å². The predicted octanol–water partition coefficient (Wildman–Crippen LogP) is 3.38. The molecule has 1 aromatic heterocycles. The van der Waals surface area contributed by atoms with Gasteiger partial charge < -0.3 is 14.1 Å². The lowest BCUT2D eigenvalue weighted by molar-refractivity contribution is 0.0238. The lowest BCUT2D eigenvalue weighted by atomic mass is 9.71. The molecule has 4 rings (SSSR count). The molecular weight excluding hydrogens is 300 g/mol. The van der Waals surface area contributed by atoms with Gasteiger partial charge in [0.25, 0.3) is 0 Å². The van der Waals surface area contributed by atoms with Crippen LogP contribution < -0.4 is 0 Å². The van der Waals surface area contributed by atoms with Gasteiger partial charge in [0, 0.05) is 32.2 Å². The van der Waals surface area contributed by atoms with Crippen molar-refractivity contribution in [3.8, 4) is 0 Å². The maximum atomic E-state index is 5.60. The normalized spacial score (nSPS) is 29.0. The molecule has 0 aromatic carbocycles. The molecule has 0 N–H and O–H groups in total. The Hall–Kier alpha value is -0.840. The van der Waals surface area contributed by atoms with Gasteiger partial charge in [-0.2, -0.15) is 0 Å². The van der Waals surface area contributed by atoms with Gasteiger partial charge in [0.1, 0.15) is 5.76 Å². The van der Waals surface area contributed by atoms with Crippen LogP contribution in [-0.2, 0) is 11.3 Å². The Morgan fingerprint density at radius 1 is 1.25 bits per heavy atom. The largest absolute Gasteiger partial charge is 0.468 e. The number of piperidine rings is 1. The van der Waals surface area contributed by atoms with Gasteiger partial charge in [-0.05, 0) is 56.3 Å². The molecule has 2 aliphatic heterocycles. The summed E-state index contributed by atoms with van der Waals surface area (Å²) < 4.78 is 11.2. The average molecular weight is 332 g/mol. The van der Waals surface area contributed by atoms with Crippen LogP contribution in [0.2, 0.25) is 0 Å². The van der Waals surface area contributed by atoms with Crippen molar-refractivity contribution in [1.29, 1.82) is 0 Å². The van der Waals surface area contributed by atoms with Crippen molar-refractivity contribution in [2.45, 2.75) is 51.1 Å². The van der Waals surface area contributed by atoms with Crippen molar-refractivity contribution in [3.63, 3.8) is 0 Å². The van der Waals surface area contributed by atoms with Crippen LogP contribution in [0, 0.1) is 11.3 Å². The molecule has 0 amide bonds. The smallest absolute Gasteiger partial charge is 0.117 e. The summed E-state index contributed by atoms with van der Waals surface area (Å²) in [4.78, 5) is 5.38. The van der Waals surface area contributed by atoms with E-state index in [0.717, 1.165) is 31.5 Å². The van der Waals surface area contributed by atoms with Crippen molar-refractivity contribution in [2.24, 2.45) is 11.3 Å². The Morgan fingerprint density at radius 2 is 2.04 bits per heavy atom. The third kappa shape index (κ3) is 3.29. The number of hydrogen-bond acceptors (Lipinski definition) is 4. The van der Waals surface area contributed by atoms with E-state index in [0.29, 0.717) is 11.3 Å². The van der Waals surface area contributed by atoms with Crippen LogP contribution >= 0.6 is 0 Å². The number of ether oxygens (including phenoxy) is 1. The molecule has 3 fully saturated rings. The summed E-state index contributed by atoms with van der Waals surface area (Å²) in [6, 6.07) is 4.97. The summed E-state index contributed by atoms with van der Waals surface area (Å²) in [7, 11) is 1.86. The first-order valence-corrected chi connectivity index (χ1v) is 9.77. The van der Waals surface area contributed by atoms with Crippen molar-refractivity contribution in [1.82, 2.24) is 9.80 Å². The minimum absolute atomic E-state index is 0.456. The zero-order valence-electron chi connectivity index (χ0n) is 15.1. The molecule has 1 aromatic rings. The summed E-state index contributed by atoms with van der Waals surface area (Å²) in [5.74, 6) is 1.76. The molecule has 134 valence electrons. The second kappa shape index (κ2) is 7.19. The summed E-state index contributed by atoms with van der Waals surface area (Å²) in [6.45, 7) is 6.79. The van der Waals surface area contributed by atoms with Crippen LogP contribution in [0.15, 0.2) is 22.8 Å². The highest BCUT2D eigenvalue weighted by molar-refractivity contribution is 5.04. The summed E-state index contributed by atoms with van der Waals surface area (Å²) in [5.41, 5.74) is 0.456. The van der Waals surface area contributed by atoms with Crippen LogP contribution in [0.3, 0.4) is 0 Å². The first kappa shape index (κ1) is 16.6. The number of furan rings is 1. The number of methoxy groups -OCH3 is 1. The van der Waals surface area contributed by atoms with Gasteiger partial charge in [-0.3, -0.25) is 4.90 Å². The third-order valence-corrected chi connectivity index (χ3v) is 6.85. The van der Waals surface area contributed by atoms with E-state index in [1.54, 1.807) is 6.26 Å². The van der Waals surface area contributed by atoms with Gasteiger partial charge in [-0.15, -0.1) is 0 Å². The first-order chi connectivity index (χ1) is 11.8. The molecule has 4 nitrogen and oxygen atoms in total.